The Kier molecular flexibility index (Phi) is 2.98. The van der Waals surface area contributed by atoms with Crippen molar-refractivity contribution in [2.75, 3.05) is 6.26 Å². The zero-order chi connectivity index (χ0) is 13.6. The first-order valence-corrected chi connectivity index (χ1v) is 7.45. The van der Waals surface area contributed by atoms with Gasteiger partial charge < -0.3 is 14.6 Å². The summed E-state index contributed by atoms with van der Waals surface area (Å²) >= 11 is 0. The van der Waals surface area contributed by atoms with Gasteiger partial charge in [0.1, 0.15) is 11.2 Å². The van der Waals surface area contributed by atoms with E-state index in [9.17, 15) is 18.3 Å². The molecule has 6 nitrogen and oxygen atoms in total. The van der Waals surface area contributed by atoms with E-state index in [0.29, 0.717) is 12.8 Å². The summed E-state index contributed by atoms with van der Waals surface area (Å²) in [5, 5.41) is 18.5. The number of rotatable bonds is 3. The molecule has 0 saturated heterocycles. The molecule has 1 saturated carbocycles. The smallest absolute Gasteiger partial charge is 0.339 e. The quantitative estimate of drug-likeness (QED) is 0.843. The largest absolute Gasteiger partial charge is 0.478 e. The van der Waals surface area contributed by atoms with Crippen molar-refractivity contribution in [1.82, 2.24) is 0 Å². The molecule has 0 aliphatic heterocycles. The zero-order valence-corrected chi connectivity index (χ0v) is 10.6. The van der Waals surface area contributed by atoms with Crippen LogP contribution < -0.4 is 0 Å². The molecule has 0 spiro atoms. The van der Waals surface area contributed by atoms with E-state index in [1.54, 1.807) is 0 Å². The second kappa shape index (κ2) is 4.10. The Labute approximate surface area is 104 Å². The van der Waals surface area contributed by atoms with Crippen molar-refractivity contribution in [2.45, 2.75) is 30.1 Å². The lowest BCUT2D eigenvalue weighted by molar-refractivity contribution is 0.0225. The second-order valence-electron chi connectivity index (χ2n) is 4.60. The zero-order valence-electron chi connectivity index (χ0n) is 9.79. The fourth-order valence-corrected chi connectivity index (χ4v) is 4.13. The van der Waals surface area contributed by atoms with Gasteiger partial charge in [-0.25, -0.2) is 13.2 Å². The molecule has 2 atom stereocenters. The van der Waals surface area contributed by atoms with Crippen LogP contribution in [0.1, 0.15) is 35.4 Å². The minimum Gasteiger partial charge on any atom is -0.478 e. The Morgan fingerprint density at radius 2 is 2.22 bits per heavy atom. The monoisotopic (exact) mass is 274 g/mol. The van der Waals surface area contributed by atoms with Gasteiger partial charge in [-0.3, -0.25) is 0 Å². The number of aromatic carboxylic acids is 1. The summed E-state index contributed by atoms with van der Waals surface area (Å²) in [4.78, 5) is 11.0. The molecule has 1 aliphatic rings. The van der Waals surface area contributed by atoms with E-state index in [2.05, 4.69) is 0 Å². The van der Waals surface area contributed by atoms with Crippen LogP contribution in [0.4, 0.5) is 0 Å². The maximum absolute atomic E-state index is 11.7. The van der Waals surface area contributed by atoms with Gasteiger partial charge >= 0.3 is 5.97 Å². The van der Waals surface area contributed by atoms with E-state index in [0.717, 1.165) is 12.5 Å². The average Bonchev–Trinajstić information content (AvgIpc) is 2.81. The van der Waals surface area contributed by atoms with Crippen molar-refractivity contribution >= 4 is 15.8 Å². The van der Waals surface area contributed by atoms with Crippen molar-refractivity contribution in [3.63, 3.8) is 0 Å². The molecule has 18 heavy (non-hydrogen) atoms. The predicted molar refractivity (Wildman–Crippen MR) is 62.0 cm³/mol. The number of aliphatic hydroxyl groups is 1. The Morgan fingerprint density at radius 1 is 1.56 bits per heavy atom. The molecule has 0 amide bonds. The third kappa shape index (κ3) is 1.93. The van der Waals surface area contributed by atoms with Gasteiger partial charge in [0.2, 0.25) is 0 Å². The molecule has 0 aromatic carbocycles. The summed E-state index contributed by atoms with van der Waals surface area (Å²) in [6.45, 7) is 0. The fourth-order valence-electron chi connectivity index (χ4n) is 2.60. The summed E-state index contributed by atoms with van der Waals surface area (Å²) in [5.74, 6) is -1.41. The molecule has 0 bridgehead atoms. The van der Waals surface area contributed by atoms with Crippen LogP contribution in [0.3, 0.4) is 0 Å². The number of furan rings is 1. The Balaban J connectivity index is 2.54. The third-order valence-electron chi connectivity index (χ3n) is 3.36. The van der Waals surface area contributed by atoms with E-state index in [-0.39, 0.29) is 17.7 Å². The number of carboxylic acid groups (broad SMARTS) is 1. The van der Waals surface area contributed by atoms with Crippen LogP contribution in [0.25, 0.3) is 0 Å². The molecule has 1 heterocycles. The highest BCUT2D eigenvalue weighted by molar-refractivity contribution is 7.91. The van der Waals surface area contributed by atoms with Crippen molar-refractivity contribution in [2.24, 2.45) is 0 Å². The van der Waals surface area contributed by atoms with Gasteiger partial charge in [0.15, 0.2) is 15.6 Å². The molecule has 2 rings (SSSR count). The highest BCUT2D eigenvalue weighted by Crippen LogP contribution is 2.44. The molecule has 0 radical (unpaired) electrons. The first-order valence-electron chi connectivity index (χ1n) is 5.49. The van der Waals surface area contributed by atoms with E-state index in [1.807, 2.05) is 0 Å². The Hall–Kier alpha value is -1.34. The van der Waals surface area contributed by atoms with Gasteiger partial charge in [-0.1, -0.05) is 0 Å². The number of sulfone groups is 1. The second-order valence-corrected chi connectivity index (χ2v) is 6.83. The van der Waals surface area contributed by atoms with Crippen LogP contribution >= 0.6 is 0 Å². The SMILES string of the molecule is CS(=O)(=O)C1CCCC1(O)c1occc1C(=O)O. The lowest BCUT2D eigenvalue weighted by Crippen LogP contribution is -2.40. The maximum Gasteiger partial charge on any atom is 0.339 e. The molecule has 7 heteroatoms. The summed E-state index contributed by atoms with van der Waals surface area (Å²) < 4.78 is 28.4. The van der Waals surface area contributed by atoms with Crippen LogP contribution in [-0.2, 0) is 15.4 Å². The number of carbonyl (C=O) groups is 1. The summed E-state index contributed by atoms with van der Waals surface area (Å²) in [7, 11) is -3.48. The number of carboxylic acids is 1. The van der Waals surface area contributed by atoms with Gasteiger partial charge in [0, 0.05) is 6.26 Å². The summed E-state index contributed by atoms with van der Waals surface area (Å²) in [6, 6.07) is 1.22. The summed E-state index contributed by atoms with van der Waals surface area (Å²) in [6.07, 6.45) is 3.17. The molecule has 1 aliphatic carbocycles. The van der Waals surface area contributed by atoms with Crippen molar-refractivity contribution in [3.05, 3.63) is 23.7 Å². The van der Waals surface area contributed by atoms with Crippen molar-refractivity contribution in [3.8, 4) is 0 Å². The molecular weight excluding hydrogens is 260 g/mol. The van der Waals surface area contributed by atoms with Gasteiger partial charge in [-0.05, 0) is 25.3 Å². The number of hydrogen-bond donors (Lipinski definition) is 2. The van der Waals surface area contributed by atoms with E-state index in [4.69, 9.17) is 9.52 Å². The highest BCUT2D eigenvalue weighted by atomic mass is 32.2. The summed E-state index contributed by atoms with van der Waals surface area (Å²) in [5.41, 5.74) is -1.93. The van der Waals surface area contributed by atoms with Gasteiger partial charge in [-0.2, -0.15) is 0 Å². The minimum absolute atomic E-state index is 0.164. The van der Waals surface area contributed by atoms with Crippen LogP contribution in [-0.4, -0.2) is 36.1 Å². The molecular formula is C11H14O6S. The molecule has 2 N–H and O–H groups in total. The van der Waals surface area contributed by atoms with Gasteiger partial charge in [0.05, 0.1) is 11.5 Å². The Bertz CT molecular complexity index is 572. The van der Waals surface area contributed by atoms with Crippen molar-refractivity contribution in [1.29, 1.82) is 0 Å². The first kappa shape index (κ1) is 13.1. The molecule has 100 valence electrons. The van der Waals surface area contributed by atoms with E-state index in [1.165, 1.54) is 6.07 Å². The van der Waals surface area contributed by atoms with Gasteiger partial charge in [0.25, 0.3) is 0 Å². The normalized spacial score (nSPS) is 28.4. The third-order valence-corrected chi connectivity index (χ3v) is 5.02. The maximum atomic E-state index is 11.7. The van der Waals surface area contributed by atoms with Gasteiger partial charge in [-0.15, -0.1) is 0 Å². The average molecular weight is 274 g/mol. The standard InChI is InChI=1S/C11H14O6S/c1-18(15,16)8-3-2-5-11(8,14)9-7(10(12)13)4-6-17-9/h4,6,8,14H,2-3,5H2,1H3,(H,12,13). The predicted octanol–water partition coefficient (Wildman–Crippen LogP) is 0.763. The lowest BCUT2D eigenvalue weighted by atomic mass is 9.95. The molecule has 2 unspecified atom stereocenters. The Morgan fingerprint density at radius 3 is 2.78 bits per heavy atom. The first-order chi connectivity index (χ1) is 8.27. The van der Waals surface area contributed by atoms with Crippen LogP contribution in [0.5, 0.6) is 0 Å². The fraction of sp³-hybridized carbons (Fsp3) is 0.545. The molecule has 1 aromatic heterocycles. The van der Waals surface area contributed by atoms with Crippen LogP contribution in [0, 0.1) is 0 Å². The molecule has 1 aromatic rings. The number of hydrogen-bond acceptors (Lipinski definition) is 5. The topological polar surface area (TPSA) is 105 Å². The van der Waals surface area contributed by atoms with Crippen LogP contribution in [0.15, 0.2) is 16.7 Å². The van der Waals surface area contributed by atoms with Crippen molar-refractivity contribution < 1.29 is 27.8 Å². The van der Waals surface area contributed by atoms with E-state index < -0.39 is 26.7 Å². The highest BCUT2D eigenvalue weighted by Gasteiger charge is 2.51. The molecule has 1 fully saturated rings. The van der Waals surface area contributed by atoms with E-state index >= 15 is 0 Å². The van der Waals surface area contributed by atoms with Crippen LogP contribution in [0.2, 0.25) is 0 Å². The minimum atomic E-state index is -3.48. The lowest BCUT2D eigenvalue weighted by Gasteiger charge is -2.27.